The summed E-state index contributed by atoms with van der Waals surface area (Å²) in [5.41, 5.74) is 0. The van der Waals surface area contributed by atoms with E-state index in [4.69, 9.17) is 5.11 Å². The quantitative estimate of drug-likeness (QED) is 0.718. The summed E-state index contributed by atoms with van der Waals surface area (Å²) < 4.78 is 0. The Labute approximate surface area is 123 Å². The van der Waals surface area contributed by atoms with Crippen molar-refractivity contribution in [1.29, 1.82) is 0 Å². The highest BCUT2D eigenvalue weighted by Gasteiger charge is 2.44. The molecule has 0 aromatic heterocycles. The van der Waals surface area contributed by atoms with Crippen LogP contribution in [0.4, 0.5) is 4.79 Å². The second-order valence-corrected chi connectivity index (χ2v) is 6.16. The Kier molecular flexibility index (Phi) is 3.73. The average Bonchev–Trinajstić information content (AvgIpc) is 2.88. The predicted molar refractivity (Wildman–Crippen MR) is 73.6 cm³/mol. The molecule has 0 bridgehead atoms. The van der Waals surface area contributed by atoms with E-state index in [0.717, 1.165) is 19.3 Å². The lowest BCUT2D eigenvalue weighted by atomic mass is 9.91. The van der Waals surface area contributed by atoms with Crippen molar-refractivity contribution in [2.45, 2.75) is 31.7 Å². The van der Waals surface area contributed by atoms with Gasteiger partial charge in [0, 0.05) is 26.2 Å². The SMILES string of the molecule is O=C1NCC2C1CCCN2C(=O)N1CCC[C@@H](C(=O)O)C1. The number of carbonyl (C=O) groups excluding carboxylic acids is 2. The molecule has 3 atom stereocenters. The van der Waals surface area contributed by atoms with Gasteiger partial charge in [-0.2, -0.15) is 0 Å². The molecule has 0 aromatic rings. The maximum absolute atomic E-state index is 12.7. The van der Waals surface area contributed by atoms with Crippen molar-refractivity contribution >= 4 is 17.9 Å². The van der Waals surface area contributed by atoms with Gasteiger partial charge in [0.2, 0.25) is 5.91 Å². The number of aliphatic carboxylic acids is 1. The first-order chi connectivity index (χ1) is 10.1. The molecular weight excluding hydrogens is 274 g/mol. The fourth-order valence-electron chi connectivity index (χ4n) is 3.72. The van der Waals surface area contributed by atoms with Crippen molar-refractivity contribution in [3.63, 3.8) is 0 Å². The smallest absolute Gasteiger partial charge is 0.320 e. The van der Waals surface area contributed by atoms with Gasteiger partial charge in [0.05, 0.1) is 17.9 Å². The number of urea groups is 1. The summed E-state index contributed by atoms with van der Waals surface area (Å²) >= 11 is 0. The minimum Gasteiger partial charge on any atom is -0.481 e. The molecule has 3 saturated heterocycles. The number of likely N-dealkylation sites (tertiary alicyclic amines) is 2. The predicted octanol–water partition coefficient (Wildman–Crippen LogP) is 0.113. The third-order valence-electron chi connectivity index (χ3n) is 4.89. The molecule has 0 spiro atoms. The lowest BCUT2D eigenvalue weighted by Crippen LogP contribution is -2.55. The van der Waals surface area contributed by atoms with Crippen molar-refractivity contribution in [1.82, 2.24) is 15.1 Å². The van der Waals surface area contributed by atoms with Crippen LogP contribution in [-0.4, -0.2) is 65.0 Å². The van der Waals surface area contributed by atoms with Crippen LogP contribution in [0, 0.1) is 11.8 Å². The summed E-state index contributed by atoms with van der Waals surface area (Å²) in [6.45, 7) is 2.07. The van der Waals surface area contributed by atoms with Crippen molar-refractivity contribution in [2.75, 3.05) is 26.2 Å². The highest BCUT2D eigenvalue weighted by Crippen LogP contribution is 2.29. The molecule has 3 aliphatic rings. The largest absolute Gasteiger partial charge is 0.481 e. The van der Waals surface area contributed by atoms with Gasteiger partial charge < -0.3 is 20.2 Å². The molecule has 7 heteroatoms. The molecule has 116 valence electrons. The zero-order chi connectivity index (χ0) is 15.0. The molecule has 3 aliphatic heterocycles. The number of fused-ring (bicyclic) bond motifs is 1. The van der Waals surface area contributed by atoms with Gasteiger partial charge in [0.1, 0.15) is 0 Å². The van der Waals surface area contributed by atoms with Crippen molar-refractivity contribution in [2.24, 2.45) is 11.8 Å². The number of amides is 3. The van der Waals surface area contributed by atoms with Crippen LogP contribution in [-0.2, 0) is 9.59 Å². The van der Waals surface area contributed by atoms with Gasteiger partial charge in [0.25, 0.3) is 0 Å². The molecule has 2 N–H and O–H groups in total. The summed E-state index contributed by atoms with van der Waals surface area (Å²) in [5.74, 6) is -1.35. The van der Waals surface area contributed by atoms with Gasteiger partial charge in [-0.1, -0.05) is 0 Å². The summed E-state index contributed by atoms with van der Waals surface area (Å²) in [6.07, 6.45) is 3.02. The maximum Gasteiger partial charge on any atom is 0.320 e. The Hall–Kier alpha value is -1.79. The molecule has 3 heterocycles. The Morgan fingerprint density at radius 1 is 1.19 bits per heavy atom. The molecular formula is C14H21N3O4. The van der Waals surface area contributed by atoms with Crippen LogP contribution < -0.4 is 5.32 Å². The molecule has 3 fully saturated rings. The Balaban J connectivity index is 1.69. The van der Waals surface area contributed by atoms with Crippen LogP contribution in [0.15, 0.2) is 0 Å². The Morgan fingerprint density at radius 3 is 2.71 bits per heavy atom. The van der Waals surface area contributed by atoms with Crippen molar-refractivity contribution in [3.05, 3.63) is 0 Å². The number of piperidine rings is 2. The van der Waals surface area contributed by atoms with Gasteiger partial charge >= 0.3 is 12.0 Å². The van der Waals surface area contributed by atoms with Crippen LogP contribution in [0.5, 0.6) is 0 Å². The molecule has 0 aliphatic carbocycles. The van der Waals surface area contributed by atoms with E-state index in [1.807, 2.05) is 0 Å². The number of hydrogen-bond donors (Lipinski definition) is 2. The number of rotatable bonds is 1. The Bertz CT molecular complexity index is 467. The first-order valence-electron chi connectivity index (χ1n) is 7.64. The summed E-state index contributed by atoms with van der Waals surface area (Å²) in [6, 6.07) is -0.170. The lowest BCUT2D eigenvalue weighted by Gasteiger charge is -2.41. The molecule has 0 saturated carbocycles. The van der Waals surface area contributed by atoms with Crippen LogP contribution in [0.3, 0.4) is 0 Å². The molecule has 2 unspecified atom stereocenters. The van der Waals surface area contributed by atoms with Crippen LogP contribution in [0.1, 0.15) is 25.7 Å². The molecule has 21 heavy (non-hydrogen) atoms. The Morgan fingerprint density at radius 2 is 1.95 bits per heavy atom. The van der Waals surface area contributed by atoms with E-state index >= 15 is 0 Å². The normalized spacial score (nSPS) is 32.6. The van der Waals surface area contributed by atoms with Gasteiger partial charge in [-0.25, -0.2) is 4.79 Å². The highest BCUT2D eigenvalue weighted by atomic mass is 16.4. The average molecular weight is 295 g/mol. The first-order valence-corrected chi connectivity index (χ1v) is 7.64. The number of hydrogen-bond acceptors (Lipinski definition) is 3. The second-order valence-electron chi connectivity index (χ2n) is 6.16. The summed E-state index contributed by atoms with van der Waals surface area (Å²) in [7, 11) is 0. The number of nitrogens with one attached hydrogen (secondary N) is 1. The fraction of sp³-hybridized carbons (Fsp3) is 0.786. The highest BCUT2D eigenvalue weighted by molar-refractivity contribution is 5.84. The van der Waals surface area contributed by atoms with E-state index in [1.54, 1.807) is 9.80 Å². The van der Waals surface area contributed by atoms with Gasteiger partial charge in [-0.3, -0.25) is 9.59 Å². The van der Waals surface area contributed by atoms with E-state index < -0.39 is 11.9 Å². The number of carboxylic acids is 1. The topological polar surface area (TPSA) is 90.0 Å². The lowest BCUT2D eigenvalue weighted by molar-refractivity contribution is -0.143. The summed E-state index contributed by atoms with van der Waals surface area (Å²) in [4.78, 5) is 39.0. The van der Waals surface area contributed by atoms with Crippen molar-refractivity contribution in [3.8, 4) is 0 Å². The third kappa shape index (κ3) is 2.56. The molecule has 3 amide bonds. The fourth-order valence-corrected chi connectivity index (χ4v) is 3.72. The van der Waals surface area contributed by atoms with E-state index in [1.165, 1.54) is 0 Å². The number of nitrogens with zero attached hydrogens (tertiary/aromatic N) is 2. The van der Waals surface area contributed by atoms with E-state index in [-0.39, 0.29) is 30.4 Å². The molecule has 0 aromatic carbocycles. The summed E-state index contributed by atoms with van der Waals surface area (Å²) in [5, 5.41) is 12.0. The standard InChI is InChI=1S/C14H21N3O4/c18-12-10-4-2-6-17(11(10)7-15-12)14(21)16-5-1-3-9(8-16)13(19)20/h9-11H,1-8H2,(H,15,18)(H,19,20)/t9-,10?,11?/m1/s1. The number of carboxylic acid groups (broad SMARTS) is 1. The van der Waals surface area contributed by atoms with Crippen LogP contribution >= 0.6 is 0 Å². The van der Waals surface area contributed by atoms with Gasteiger partial charge in [-0.05, 0) is 25.7 Å². The van der Waals surface area contributed by atoms with E-state index in [9.17, 15) is 14.4 Å². The van der Waals surface area contributed by atoms with E-state index in [0.29, 0.717) is 26.1 Å². The third-order valence-corrected chi connectivity index (χ3v) is 4.89. The van der Waals surface area contributed by atoms with Gasteiger partial charge in [0.15, 0.2) is 0 Å². The molecule has 0 radical (unpaired) electrons. The van der Waals surface area contributed by atoms with Crippen LogP contribution in [0.25, 0.3) is 0 Å². The molecule has 7 nitrogen and oxygen atoms in total. The molecule has 3 rings (SSSR count). The minimum absolute atomic E-state index is 0.0413. The second kappa shape index (κ2) is 5.54. The first kappa shape index (κ1) is 14.2. The van der Waals surface area contributed by atoms with Crippen molar-refractivity contribution < 1.29 is 19.5 Å². The zero-order valence-corrected chi connectivity index (χ0v) is 12.0. The zero-order valence-electron chi connectivity index (χ0n) is 12.0. The van der Waals surface area contributed by atoms with Crippen LogP contribution in [0.2, 0.25) is 0 Å². The number of carbonyl (C=O) groups is 3. The minimum atomic E-state index is -0.832. The monoisotopic (exact) mass is 295 g/mol. The van der Waals surface area contributed by atoms with E-state index in [2.05, 4.69) is 5.32 Å². The van der Waals surface area contributed by atoms with Gasteiger partial charge in [-0.15, -0.1) is 0 Å². The maximum atomic E-state index is 12.7.